The second-order valence-electron chi connectivity index (χ2n) is 3.60. The van der Waals surface area contributed by atoms with E-state index in [4.69, 9.17) is 23.2 Å². The van der Waals surface area contributed by atoms with Crippen LogP contribution in [0.5, 0.6) is 0 Å². The molecule has 0 amide bonds. The summed E-state index contributed by atoms with van der Waals surface area (Å²) in [5, 5.41) is 1.57. The SMILES string of the molecule is Fc1cc(-c2cc(Cl)cc(Cl)c2)ccc1CBr. The first-order chi connectivity index (χ1) is 8.10. The van der Waals surface area contributed by atoms with Crippen molar-refractivity contribution in [3.63, 3.8) is 0 Å². The van der Waals surface area contributed by atoms with E-state index in [1.54, 1.807) is 24.3 Å². The molecule has 0 saturated heterocycles. The normalized spacial score (nSPS) is 10.6. The molecule has 0 radical (unpaired) electrons. The van der Waals surface area contributed by atoms with E-state index in [0.29, 0.717) is 20.9 Å². The van der Waals surface area contributed by atoms with Gasteiger partial charge in [-0.1, -0.05) is 51.3 Å². The van der Waals surface area contributed by atoms with Crippen LogP contribution in [0.4, 0.5) is 4.39 Å². The molecule has 0 spiro atoms. The lowest BCUT2D eigenvalue weighted by molar-refractivity contribution is 0.618. The van der Waals surface area contributed by atoms with Crippen LogP contribution in [0.3, 0.4) is 0 Å². The Morgan fingerprint density at radius 2 is 1.59 bits per heavy atom. The standard InChI is InChI=1S/C13H8BrCl2F/c14-7-9-2-1-8(5-13(9)17)10-3-11(15)6-12(16)4-10/h1-6H,7H2. The first-order valence-corrected chi connectivity index (χ1v) is 6.79. The Labute approximate surface area is 117 Å². The molecular formula is C13H8BrCl2F. The fourth-order valence-electron chi connectivity index (χ4n) is 1.56. The van der Waals surface area contributed by atoms with Gasteiger partial charge in [-0.2, -0.15) is 0 Å². The third-order valence-corrected chi connectivity index (χ3v) is 3.43. The Kier molecular flexibility index (Phi) is 4.08. The lowest BCUT2D eigenvalue weighted by Gasteiger charge is -2.06. The summed E-state index contributed by atoms with van der Waals surface area (Å²) in [4.78, 5) is 0. The molecule has 17 heavy (non-hydrogen) atoms. The van der Waals surface area contributed by atoms with Crippen LogP contribution in [0.15, 0.2) is 36.4 Å². The Morgan fingerprint density at radius 1 is 0.941 bits per heavy atom. The maximum absolute atomic E-state index is 13.6. The zero-order chi connectivity index (χ0) is 12.4. The molecule has 0 unspecified atom stereocenters. The van der Waals surface area contributed by atoms with Crippen molar-refractivity contribution in [1.29, 1.82) is 0 Å². The van der Waals surface area contributed by atoms with Crippen molar-refractivity contribution in [3.8, 4) is 11.1 Å². The molecular weight excluding hydrogens is 326 g/mol. The quantitative estimate of drug-likeness (QED) is 0.619. The van der Waals surface area contributed by atoms with Crippen LogP contribution in [-0.4, -0.2) is 0 Å². The molecule has 0 aromatic heterocycles. The third-order valence-electron chi connectivity index (χ3n) is 2.39. The van der Waals surface area contributed by atoms with Crippen LogP contribution in [0.25, 0.3) is 11.1 Å². The minimum Gasteiger partial charge on any atom is -0.207 e. The lowest BCUT2D eigenvalue weighted by atomic mass is 10.0. The molecule has 0 N–H and O–H groups in total. The number of hydrogen-bond donors (Lipinski definition) is 0. The van der Waals surface area contributed by atoms with E-state index < -0.39 is 0 Å². The van der Waals surface area contributed by atoms with Crippen molar-refractivity contribution < 1.29 is 4.39 Å². The van der Waals surface area contributed by atoms with Crippen LogP contribution in [-0.2, 0) is 5.33 Å². The first-order valence-electron chi connectivity index (χ1n) is 4.91. The summed E-state index contributed by atoms with van der Waals surface area (Å²) in [6, 6.07) is 10.2. The average Bonchev–Trinajstić information content (AvgIpc) is 2.27. The van der Waals surface area contributed by atoms with E-state index in [2.05, 4.69) is 15.9 Å². The summed E-state index contributed by atoms with van der Waals surface area (Å²) in [7, 11) is 0. The van der Waals surface area contributed by atoms with Crippen LogP contribution in [0.2, 0.25) is 10.0 Å². The summed E-state index contributed by atoms with van der Waals surface area (Å²) in [6.45, 7) is 0. The van der Waals surface area contributed by atoms with Gasteiger partial charge in [-0.15, -0.1) is 0 Å². The van der Waals surface area contributed by atoms with Crippen LogP contribution in [0.1, 0.15) is 5.56 Å². The highest BCUT2D eigenvalue weighted by molar-refractivity contribution is 9.08. The van der Waals surface area contributed by atoms with Gasteiger partial charge in [0, 0.05) is 15.4 Å². The molecule has 0 saturated carbocycles. The fraction of sp³-hybridized carbons (Fsp3) is 0.0769. The molecule has 0 fully saturated rings. The van der Waals surface area contributed by atoms with Crippen LogP contribution in [0, 0.1) is 5.82 Å². The van der Waals surface area contributed by atoms with Crippen molar-refractivity contribution in [3.05, 3.63) is 57.8 Å². The summed E-state index contributed by atoms with van der Waals surface area (Å²) < 4.78 is 13.6. The van der Waals surface area contributed by atoms with E-state index in [9.17, 15) is 4.39 Å². The summed E-state index contributed by atoms with van der Waals surface area (Å²) in [5.41, 5.74) is 2.20. The minimum absolute atomic E-state index is 0.240. The van der Waals surface area contributed by atoms with Crippen molar-refractivity contribution in [2.24, 2.45) is 0 Å². The second-order valence-corrected chi connectivity index (χ2v) is 5.03. The highest BCUT2D eigenvalue weighted by Crippen LogP contribution is 2.28. The average molecular weight is 334 g/mol. The second kappa shape index (κ2) is 5.38. The van der Waals surface area contributed by atoms with Gasteiger partial charge in [0.05, 0.1) is 0 Å². The van der Waals surface area contributed by atoms with Gasteiger partial charge in [-0.3, -0.25) is 0 Å². The molecule has 2 aromatic carbocycles. The summed E-state index contributed by atoms with van der Waals surface area (Å²) >= 11 is 15.1. The molecule has 4 heteroatoms. The van der Waals surface area contributed by atoms with Gasteiger partial charge < -0.3 is 0 Å². The van der Waals surface area contributed by atoms with Gasteiger partial charge in [0.15, 0.2) is 0 Å². The molecule has 0 atom stereocenters. The van der Waals surface area contributed by atoms with Gasteiger partial charge >= 0.3 is 0 Å². The number of hydrogen-bond acceptors (Lipinski definition) is 0. The molecule has 0 bridgehead atoms. The van der Waals surface area contributed by atoms with E-state index in [1.807, 2.05) is 6.07 Å². The number of benzene rings is 2. The Hall–Kier alpha value is -0.570. The smallest absolute Gasteiger partial charge is 0.127 e. The fourth-order valence-corrected chi connectivity index (χ4v) is 2.54. The minimum atomic E-state index is -0.240. The van der Waals surface area contributed by atoms with Gasteiger partial charge in [0.25, 0.3) is 0 Å². The Morgan fingerprint density at radius 3 is 2.12 bits per heavy atom. The largest absolute Gasteiger partial charge is 0.207 e. The number of rotatable bonds is 2. The predicted octanol–water partition coefficient (Wildman–Crippen LogP) is 5.69. The molecule has 2 aromatic rings. The predicted molar refractivity (Wildman–Crippen MR) is 74.5 cm³/mol. The topological polar surface area (TPSA) is 0 Å². The molecule has 0 aliphatic rings. The third kappa shape index (κ3) is 3.01. The zero-order valence-corrected chi connectivity index (χ0v) is 11.8. The van der Waals surface area contributed by atoms with E-state index in [1.165, 1.54) is 6.07 Å². The monoisotopic (exact) mass is 332 g/mol. The van der Waals surface area contributed by atoms with Gasteiger partial charge in [-0.25, -0.2) is 4.39 Å². The molecule has 0 aliphatic heterocycles. The number of alkyl halides is 1. The van der Waals surface area contributed by atoms with Crippen LogP contribution >= 0.6 is 39.1 Å². The molecule has 88 valence electrons. The first kappa shape index (κ1) is 12.9. The molecule has 2 rings (SSSR count). The van der Waals surface area contributed by atoms with Gasteiger partial charge in [-0.05, 0) is 41.0 Å². The highest BCUT2D eigenvalue weighted by atomic mass is 79.9. The molecule has 0 heterocycles. The molecule has 0 nitrogen and oxygen atoms in total. The Bertz CT molecular complexity index is 535. The van der Waals surface area contributed by atoms with Gasteiger partial charge in [0.1, 0.15) is 5.82 Å². The lowest BCUT2D eigenvalue weighted by Crippen LogP contribution is -1.87. The number of halogens is 4. The zero-order valence-electron chi connectivity index (χ0n) is 8.68. The summed E-state index contributed by atoms with van der Waals surface area (Å²) in [6.07, 6.45) is 0. The van der Waals surface area contributed by atoms with Crippen molar-refractivity contribution >= 4 is 39.1 Å². The van der Waals surface area contributed by atoms with Crippen molar-refractivity contribution in [1.82, 2.24) is 0 Å². The van der Waals surface area contributed by atoms with Crippen molar-refractivity contribution in [2.75, 3.05) is 0 Å². The van der Waals surface area contributed by atoms with E-state index in [0.717, 1.165) is 11.1 Å². The summed E-state index contributed by atoms with van der Waals surface area (Å²) in [5.74, 6) is -0.240. The maximum atomic E-state index is 13.6. The van der Waals surface area contributed by atoms with E-state index in [-0.39, 0.29) is 5.82 Å². The van der Waals surface area contributed by atoms with Gasteiger partial charge in [0.2, 0.25) is 0 Å². The van der Waals surface area contributed by atoms with E-state index >= 15 is 0 Å². The maximum Gasteiger partial charge on any atom is 0.127 e. The molecule has 0 aliphatic carbocycles. The Balaban J connectivity index is 2.49. The highest BCUT2D eigenvalue weighted by Gasteiger charge is 2.05. The van der Waals surface area contributed by atoms with Crippen LogP contribution < -0.4 is 0 Å². The van der Waals surface area contributed by atoms with Crippen molar-refractivity contribution in [2.45, 2.75) is 5.33 Å².